The Morgan fingerprint density at radius 3 is 3.16 bits per heavy atom. The molecule has 3 heterocycles. The van der Waals surface area contributed by atoms with Gasteiger partial charge in [0.05, 0.1) is 19.6 Å². The molecule has 1 amide bonds. The zero-order valence-electron chi connectivity index (χ0n) is 14.4. The monoisotopic (exact) mass is 356 g/mol. The molecule has 2 aliphatic rings. The van der Waals surface area contributed by atoms with Gasteiger partial charge in [-0.1, -0.05) is 12.5 Å². The molecule has 1 aliphatic carbocycles. The number of carbonyl (C=O) groups excluding carboxylic acids is 1. The van der Waals surface area contributed by atoms with Gasteiger partial charge in [-0.05, 0) is 52.8 Å². The van der Waals surface area contributed by atoms with Crippen LogP contribution < -0.4 is 0 Å². The van der Waals surface area contributed by atoms with Crippen molar-refractivity contribution in [2.24, 2.45) is 11.3 Å². The highest BCUT2D eigenvalue weighted by Crippen LogP contribution is 2.49. The minimum atomic E-state index is 0.159. The maximum absolute atomic E-state index is 12.7. The average molecular weight is 356 g/mol. The lowest BCUT2D eigenvalue weighted by Gasteiger charge is -2.28. The van der Waals surface area contributed by atoms with Crippen LogP contribution in [0.1, 0.15) is 30.4 Å². The van der Waals surface area contributed by atoms with Crippen LogP contribution in [0.15, 0.2) is 41.4 Å². The smallest absolute Gasteiger partial charge is 0.227 e. The number of likely N-dealkylation sites (tertiary alicyclic amines) is 1. The summed E-state index contributed by atoms with van der Waals surface area (Å²) in [7, 11) is 0. The number of rotatable bonds is 6. The Morgan fingerprint density at radius 2 is 2.36 bits per heavy atom. The van der Waals surface area contributed by atoms with Gasteiger partial charge in [0, 0.05) is 30.9 Å². The van der Waals surface area contributed by atoms with E-state index in [9.17, 15) is 4.79 Å². The van der Waals surface area contributed by atoms with Crippen LogP contribution >= 0.6 is 11.3 Å². The van der Waals surface area contributed by atoms with E-state index in [1.165, 1.54) is 19.3 Å². The first kappa shape index (κ1) is 16.7. The van der Waals surface area contributed by atoms with E-state index in [4.69, 9.17) is 4.74 Å². The molecule has 0 bridgehead atoms. The van der Waals surface area contributed by atoms with Gasteiger partial charge in [-0.2, -0.15) is 11.3 Å². The molecular formula is C20H24N2O2S. The Hall–Kier alpha value is -1.72. The Kier molecular flexibility index (Phi) is 4.86. The number of pyridine rings is 1. The highest BCUT2D eigenvalue weighted by Gasteiger charge is 2.50. The van der Waals surface area contributed by atoms with Crippen LogP contribution in [-0.2, 0) is 22.6 Å². The van der Waals surface area contributed by atoms with E-state index < -0.39 is 0 Å². The molecule has 1 saturated heterocycles. The molecule has 0 N–H and O–H groups in total. The first-order chi connectivity index (χ1) is 12.3. The molecule has 25 heavy (non-hydrogen) atoms. The fourth-order valence-corrected chi connectivity index (χ4v) is 5.04. The van der Waals surface area contributed by atoms with E-state index in [-0.39, 0.29) is 11.3 Å². The summed E-state index contributed by atoms with van der Waals surface area (Å²) < 4.78 is 6.07. The third kappa shape index (κ3) is 3.62. The van der Waals surface area contributed by atoms with Crippen LogP contribution in [0.25, 0.3) is 0 Å². The summed E-state index contributed by atoms with van der Waals surface area (Å²) in [6.07, 6.45) is 7.82. The maximum Gasteiger partial charge on any atom is 0.227 e. The second-order valence-electron chi connectivity index (χ2n) is 7.39. The topological polar surface area (TPSA) is 42.4 Å². The normalized spacial score (nSPS) is 25.3. The standard InChI is InChI=1S/C20H24N2O2S/c23-19(9-16-5-8-25-13-16)22-11-18-4-1-6-20(18,14-22)15-24-12-17-3-2-7-21-10-17/h2-3,5,7-8,10,13,18H,1,4,6,9,11-12,14-15H2/t18-,20+/m0/s1. The number of nitrogens with zero attached hydrogens (tertiary/aromatic N) is 2. The van der Waals surface area contributed by atoms with Gasteiger partial charge in [-0.25, -0.2) is 0 Å². The minimum Gasteiger partial charge on any atom is -0.376 e. The van der Waals surface area contributed by atoms with Crippen LogP contribution in [0.4, 0.5) is 0 Å². The minimum absolute atomic E-state index is 0.159. The Bertz CT molecular complexity index is 704. The van der Waals surface area contributed by atoms with Crippen molar-refractivity contribution in [3.63, 3.8) is 0 Å². The van der Waals surface area contributed by atoms with E-state index in [2.05, 4.69) is 15.3 Å². The van der Waals surface area contributed by atoms with Gasteiger partial charge in [0.2, 0.25) is 5.91 Å². The lowest BCUT2D eigenvalue weighted by Crippen LogP contribution is -2.35. The van der Waals surface area contributed by atoms with E-state index in [1.807, 2.05) is 29.8 Å². The van der Waals surface area contributed by atoms with Crippen LogP contribution in [0.3, 0.4) is 0 Å². The SMILES string of the molecule is O=C(Cc1ccsc1)N1C[C@@H]2CCC[C@]2(COCc2cccnc2)C1. The molecule has 132 valence electrons. The fraction of sp³-hybridized carbons (Fsp3) is 0.500. The van der Waals surface area contributed by atoms with Gasteiger partial charge in [-0.15, -0.1) is 0 Å². The second-order valence-corrected chi connectivity index (χ2v) is 8.17. The molecule has 1 aliphatic heterocycles. The van der Waals surface area contributed by atoms with Crippen molar-refractivity contribution >= 4 is 17.2 Å². The van der Waals surface area contributed by atoms with Gasteiger partial charge < -0.3 is 9.64 Å². The molecule has 0 radical (unpaired) electrons. The van der Waals surface area contributed by atoms with Crippen LogP contribution in [0.5, 0.6) is 0 Å². The molecule has 4 nitrogen and oxygen atoms in total. The first-order valence-electron chi connectivity index (χ1n) is 9.01. The summed E-state index contributed by atoms with van der Waals surface area (Å²) in [5.74, 6) is 0.854. The number of hydrogen-bond acceptors (Lipinski definition) is 4. The molecule has 2 aromatic rings. The highest BCUT2D eigenvalue weighted by atomic mass is 32.1. The van der Waals surface area contributed by atoms with Gasteiger partial charge in [0.15, 0.2) is 0 Å². The molecule has 0 spiro atoms. The van der Waals surface area contributed by atoms with E-state index in [1.54, 1.807) is 17.5 Å². The number of fused-ring (bicyclic) bond motifs is 1. The van der Waals surface area contributed by atoms with Crippen molar-refractivity contribution in [3.8, 4) is 0 Å². The molecule has 0 aromatic carbocycles. The summed E-state index contributed by atoms with van der Waals surface area (Å²) in [6, 6.07) is 6.03. The molecular weight excluding hydrogens is 332 g/mol. The number of thiophene rings is 1. The van der Waals surface area contributed by atoms with Crippen molar-refractivity contribution in [3.05, 3.63) is 52.5 Å². The molecule has 5 heteroatoms. The molecule has 2 fully saturated rings. The van der Waals surface area contributed by atoms with Crippen molar-refractivity contribution in [2.45, 2.75) is 32.3 Å². The Morgan fingerprint density at radius 1 is 1.40 bits per heavy atom. The van der Waals surface area contributed by atoms with Crippen LogP contribution in [-0.4, -0.2) is 35.5 Å². The third-order valence-corrected chi connectivity index (χ3v) is 6.44. The number of hydrogen-bond donors (Lipinski definition) is 0. The number of aromatic nitrogens is 1. The summed E-state index contributed by atoms with van der Waals surface area (Å²) in [5, 5.41) is 4.11. The quantitative estimate of drug-likeness (QED) is 0.795. The summed E-state index contributed by atoms with van der Waals surface area (Å²) in [5.41, 5.74) is 2.40. The second kappa shape index (κ2) is 7.26. The number of carbonyl (C=O) groups is 1. The summed E-state index contributed by atoms with van der Waals surface area (Å²) in [6.45, 7) is 3.10. The van der Waals surface area contributed by atoms with Crippen LogP contribution in [0.2, 0.25) is 0 Å². The summed E-state index contributed by atoms with van der Waals surface area (Å²) >= 11 is 1.65. The Labute approximate surface area is 152 Å². The van der Waals surface area contributed by atoms with Crippen molar-refractivity contribution in [2.75, 3.05) is 19.7 Å². The van der Waals surface area contributed by atoms with Gasteiger partial charge in [0.1, 0.15) is 0 Å². The van der Waals surface area contributed by atoms with Crippen LogP contribution in [0, 0.1) is 11.3 Å². The first-order valence-corrected chi connectivity index (χ1v) is 9.95. The zero-order chi connectivity index (χ0) is 17.1. The molecule has 4 rings (SSSR count). The number of ether oxygens (including phenoxy) is 1. The molecule has 2 aromatic heterocycles. The average Bonchev–Trinajstić information content (AvgIpc) is 3.31. The van der Waals surface area contributed by atoms with Gasteiger partial charge >= 0.3 is 0 Å². The Balaban J connectivity index is 1.36. The zero-order valence-corrected chi connectivity index (χ0v) is 15.2. The van der Waals surface area contributed by atoms with E-state index >= 15 is 0 Å². The summed E-state index contributed by atoms with van der Waals surface area (Å²) in [4.78, 5) is 18.9. The van der Waals surface area contributed by atoms with Gasteiger partial charge in [-0.3, -0.25) is 9.78 Å². The lowest BCUT2D eigenvalue weighted by molar-refractivity contribution is -0.130. The molecule has 1 saturated carbocycles. The predicted molar refractivity (Wildman–Crippen MR) is 98.3 cm³/mol. The van der Waals surface area contributed by atoms with Crippen molar-refractivity contribution in [1.82, 2.24) is 9.88 Å². The predicted octanol–water partition coefficient (Wildman–Crippen LogP) is 3.53. The largest absolute Gasteiger partial charge is 0.376 e. The van der Waals surface area contributed by atoms with Crippen molar-refractivity contribution < 1.29 is 9.53 Å². The lowest BCUT2D eigenvalue weighted by atomic mass is 9.81. The third-order valence-electron chi connectivity index (χ3n) is 5.71. The van der Waals surface area contributed by atoms with E-state index in [0.717, 1.165) is 30.8 Å². The molecule has 2 atom stereocenters. The van der Waals surface area contributed by atoms with E-state index in [0.29, 0.717) is 18.9 Å². The number of amides is 1. The maximum atomic E-state index is 12.7. The highest BCUT2D eigenvalue weighted by molar-refractivity contribution is 7.08. The van der Waals surface area contributed by atoms with Crippen molar-refractivity contribution in [1.29, 1.82) is 0 Å². The molecule has 0 unspecified atom stereocenters. The van der Waals surface area contributed by atoms with Gasteiger partial charge in [0.25, 0.3) is 0 Å². The fourth-order valence-electron chi connectivity index (χ4n) is 4.38.